The third kappa shape index (κ3) is 4.04. The van der Waals surface area contributed by atoms with Crippen molar-refractivity contribution in [3.05, 3.63) is 64.9 Å². The van der Waals surface area contributed by atoms with Crippen LogP contribution in [0.5, 0.6) is 0 Å². The summed E-state index contributed by atoms with van der Waals surface area (Å²) in [6.07, 6.45) is 3.74. The average Bonchev–Trinajstić information content (AvgIpc) is 3.20. The number of halogens is 4. The van der Waals surface area contributed by atoms with Crippen molar-refractivity contribution >= 4 is 34.7 Å². The summed E-state index contributed by atoms with van der Waals surface area (Å²) in [6, 6.07) is 7.42. The van der Waals surface area contributed by atoms with Crippen LogP contribution in [0.1, 0.15) is 38.7 Å². The molecule has 2 aliphatic carbocycles. The number of hydrogen-bond donors (Lipinski definition) is 1. The topological polar surface area (TPSA) is 12.0 Å². The maximum Gasteiger partial charge on any atom is 0.194 e. The Kier molecular flexibility index (Phi) is 5.41. The number of rotatable bonds is 6. The lowest BCUT2D eigenvalue weighted by atomic mass is 9.91. The number of benzene rings is 2. The van der Waals surface area contributed by atoms with Gasteiger partial charge < -0.3 is 5.32 Å². The standard InChI is InChI=1S/C23H23ClF3NS/c1-12(2)15-6-16-11-23(16,10-15)29-21-7-14(4-5-18(21)24)13(3)28-17-8-19(25)22(27)20(26)9-17/h4-5,7-9,12,15-16,28H,3,6,10-11H2,1-2H3. The minimum absolute atomic E-state index is 0.104. The molecule has 0 amide bonds. The molecule has 2 aliphatic rings. The predicted molar refractivity (Wildman–Crippen MR) is 115 cm³/mol. The van der Waals surface area contributed by atoms with Gasteiger partial charge in [-0.05, 0) is 54.7 Å². The van der Waals surface area contributed by atoms with Crippen molar-refractivity contribution in [1.29, 1.82) is 0 Å². The SMILES string of the molecule is C=C(Nc1cc(F)c(F)c(F)c1)c1ccc(Cl)c(SC23CC(C(C)C)CC2C3)c1. The number of thioether (sulfide) groups is 1. The Morgan fingerprint density at radius 2 is 1.86 bits per heavy atom. The van der Waals surface area contributed by atoms with Gasteiger partial charge in [0.1, 0.15) is 0 Å². The predicted octanol–water partition coefficient (Wildman–Crippen LogP) is 7.76. The second kappa shape index (κ2) is 7.59. The summed E-state index contributed by atoms with van der Waals surface area (Å²) < 4.78 is 40.4. The summed E-state index contributed by atoms with van der Waals surface area (Å²) in [4.78, 5) is 0.996. The van der Waals surface area contributed by atoms with E-state index in [2.05, 4.69) is 25.7 Å². The van der Waals surface area contributed by atoms with Crippen LogP contribution in [-0.2, 0) is 0 Å². The van der Waals surface area contributed by atoms with Crippen molar-refractivity contribution in [3.63, 3.8) is 0 Å². The zero-order valence-corrected chi connectivity index (χ0v) is 17.9. The molecule has 4 rings (SSSR count). The van der Waals surface area contributed by atoms with E-state index < -0.39 is 17.5 Å². The van der Waals surface area contributed by atoms with Crippen LogP contribution >= 0.6 is 23.4 Å². The smallest absolute Gasteiger partial charge is 0.194 e. The van der Waals surface area contributed by atoms with E-state index in [0.717, 1.165) is 34.4 Å². The zero-order chi connectivity index (χ0) is 20.9. The van der Waals surface area contributed by atoms with Gasteiger partial charge in [-0.1, -0.05) is 38.1 Å². The molecule has 0 spiro atoms. The molecule has 2 saturated carbocycles. The molecule has 0 radical (unpaired) electrons. The molecule has 2 aromatic rings. The van der Waals surface area contributed by atoms with Gasteiger partial charge >= 0.3 is 0 Å². The zero-order valence-electron chi connectivity index (χ0n) is 16.4. The Hall–Kier alpha value is -1.59. The molecule has 2 fully saturated rings. The Morgan fingerprint density at radius 1 is 1.17 bits per heavy atom. The van der Waals surface area contributed by atoms with Crippen LogP contribution in [0.3, 0.4) is 0 Å². The lowest BCUT2D eigenvalue weighted by Gasteiger charge is -2.20. The average molecular weight is 438 g/mol. The van der Waals surface area contributed by atoms with Gasteiger partial charge in [0.05, 0.1) is 5.02 Å². The van der Waals surface area contributed by atoms with Crippen molar-refractivity contribution in [2.45, 2.75) is 42.8 Å². The molecule has 6 heteroatoms. The van der Waals surface area contributed by atoms with Crippen molar-refractivity contribution < 1.29 is 13.2 Å². The number of hydrogen-bond acceptors (Lipinski definition) is 2. The van der Waals surface area contributed by atoms with E-state index in [0.29, 0.717) is 16.6 Å². The third-order valence-corrected chi connectivity index (χ3v) is 8.26. The van der Waals surface area contributed by atoms with Gasteiger partial charge in [-0.15, -0.1) is 11.8 Å². The fourth-order valence-corrected chi connectivity index (χ4v) is 6.20. The summed E-state index contributed by atoms with van der Waals surface area (Å²) in [5, 5.41) is 3.55. The van der Waals surface area contributed by atoms with E-state index >= 15 is 0 Å². The van der Waals surface area contributed by atoms with E-state index in [1.54, 1.807) is 0 Å². The quantitative estimate of drug-likeness (QED) is 0.463. The number of nitrogens with one attached hydrogen (secondary N) is 1. The van der Waals surface area contributed by atoms with Crippen molar-refractivity contribution in [2.24, 2.45) is 17.8 Å². The number of fused-ring (bicyclic) bond motifs is 1. The summed E-state index contributed by atoms with van der Waals surface area (Å²) in [6.45, 7) is 8.55. The molecule has 0 aliphatic heterocycles. The molecule has 2 aromatic carbocycles. The van der Waals surface area contributed by atoms with Gasteiger partial charge in [-0.25, -0.2) is 13.2 Å². The van der Waals surface area contributed by atoms with Crippen LogP contribution in [0.15, 0.2) is 41.8 Å². The van der Waals surface area contributed by atoms with Crippen molar-refractivity contribution in [3.8, 4) is 0 Å². The van der Waals surface area contributed by atoms with Gasteiger partial charge in [0.2, 0.25) is 0 Å². The van der Waals surface area contributed by atoms with Crippen LogP contribution in [0.4, 0.5) is 18.9 Å². The molecule has 3 atom stereocenters. The highest BCUT2D eigenvalue weighted by Crippen LogP contribution is 2.68. The summed E-state index contributed by atoms with van der Waals surface area (Å²) in [7, 11) is 0. The first-order valence-corrected chi connectivity index (χ1v) is 11.0. The second-order valence-corrected chi connectivity index (χ2v) is 10.4. The molecule has 1 nitrogen and oxygen atoms in total. The molecular weight excluding hydrogens is 415 g/mol. The monoisotopic (exact) mass is 437 g/mol. The third-order valence-electron chi connectivity index (χ3n) is 6.19. The molecule has 0 heterocycles. The van der Waals surface area contributed by atoms with Crippen LogP contribution < -0.4 is 5.32 Å². The molecule has 1 N–H and O–H groups in total. The largest absolute Gasteiger partial charge is 0.355 e. The van der Waals surface area contributed by atoms with E-state index in [1.165, 1.54) is 19.3 Å². The minimum Gasteiger partial charge on any atom is -0.355 e. The fourth-order valence-electron chi connectivity index (χ4n) is 4.34. The summed E-state index contributed by atoms with van der Waals surface area (Å²) in [5.74, 6) is -1.75. The fraction of sp³-hybridized carbons (Fsp3) is 0.391. The highest BCUT2D eigenvalue weighted by Gasteiger charge is 2.61. The molecule has 154 valence electrons. The molecular formula is C23H23ClF3NS. The van der Waals surface area contributed by atoms with Gasteiger partial charge in [-0.3, -0.25) is 0 Å². The lowest BCUT2D eigenvalue weighted by molar-refractivity contribution is 0.365. The van der Waals surface area contributed by atoms with Crippen LogP contribution in [-0.4, -0.2) is 4.75 Å². The van der Waals surface area contributed by atoms with Gasteiger partial charge in [-0.2, -0.15) is 0 Å². The number of anilines is 1. The molecule has 0 bridgehead atoms. The molecule has 29 heavy (non-hydrogen) atoms. The Labute approximate surface area is 178 Å². The summed E-state index contributed by atoms with van der Waals surface area (Å²) >= 11 is 8.32. The van der Waals surface area contributed by atoms with E-state index in [1.807, 2.05) is 30.0 Å². The molecule has 0 aromatic heterocycles. The Morgan fingerprint density at radius 3 is 2.48 bits per heavy atom. The van der Waals surface area contributed by atoms with Crippen molar-refractivity contribution in [2.75, 3.05) is 5.32 Å². The van der Waals surface area contributed by atoms with Crippen molar-refractivity contribution in [1.82, 2.24) is 0 Å². The molecule has 3 unspecified atom stereocenters. The van der Waals surface area contributed by atoms with Gasteiger partial charge in [0, 0.05) is 33.2 Å². The van der Waals surface area contributed by atoms with Gasteiger partial charge in [0.25, 0.3) is 0 Å². The first-order chi connectivity index (χ1) is 13.7. The van der Waals surface area contributed by atoms with Gasteiger partial charge in [0.15, 0.2) is 17.5 Å². The molecule has 0 saturated heterocycles. The highest BCUT2D eigenvalue weighted by molar-refractivity contribution is 8.01. The van der Waals surface area contributed by atoms with Crippen LogP contribution in [0, 0.1) is 35.2 Å². The maximum atomic E-state index is 13.5. The van der Waals surface area contributed by atoms with Crippen LogP contribution in [0.2, 0.25) is 5.02 Å². The first kappa shape index (κ1) is 20.7. The summed E-state index contributed by atoms with van der Waals surface area (Å²) in [5.41, 5.74) is 1.34. The maximum absolute atomic E-state index is 13.5. The first-order valence-electron chi connectivity index (χ1n) is 9.78. The Bertz CT molecular complexity index is 954. The lowest BCUT2D eigenvalue weighted by Crippen LogP contribution is -2.10. The minimum atomic E-state index is -1.49. The normalized spacial score (nSPS) is 25.2. The van der Waals surface area contributed by atoms with E-state index in [9.17, 15) is 13.2 Å². The van der Waals surface area contributed by atoms with E-state index in [4.69, 9.17) is 11.6 Å². The van der Waals surface area contributed by atoms with E-state index in [-0.39, 0.29) is 10.4 Å². The second-order valence-electron chi connectivity index (χ2n) is 8.51. The van der Waals surface area contributed by atoms with Crippen LogP contribution in [0.25, 0.3) is 5.70 Å². The highest BCUT2D eigenvalue weighted by atomic mass is 35.5. The Balaban J connectivity index is 1.51.